The molecule has 4 aromatic carbocycles. The first kappa shape index (κ1) is 27.2. The number of nitrogens with one attached hydrogen (secondary N) is 2. The van der Waals surface area contributed by atoms with Crippen LogP contribution in [0.4, 0.5) is 21.9 Å². The van der Waals surface area contributed by atoms with Crippen LogP contribution in [0.5, 0.6) is 5.75 Å². The molecule has 2 atom stereocenters. The number of fused-ring (bicyclic) bond motifs is 1. The molecule has 8 heteroatoms. The van der Waals surface area contributed by atoms with Gasteiger partial charge in [-0.25, -0.2) is 4.79 Å². The fourth-order valence-corrected chi connectivity index (χ4v) is 4.24. The van der Waals surface area contributed by atoms with Gasteiger partial charge in [-0.1, -0.05) is 66.7 Å². The third kappa shape index (κ3) is 7.37. The van der Waals surface area contributed by atoms with E-state index in [4.69, 9.17) is 15.2 Å². The lowest BCUT2D eigenvalue weighted by atomic mass is 10.00. The summed E-state index contributed by atoms with van der Waals surface area (Å²) in [4.78, 5) is 25.3. The van der Waals surface area contributed by atoms with Gasteiger partial charge >= 0.3 is 6.09 Å². The minimum atomic E-state index is -0.767. The molecule has 0 aromatic heterocycles. The van der Waals surface area contributed by atoms with E-state index in [-0.39, 0.29) is 11.7 Å². The summed E-state index contributed by atoms with van der Waals surface area (Å²) >= 11 is 0. The summed E-state index contributed by atoms with van der Waals surface area (Å²) in [5.74, 6) is -0.206. The van der Waals surface area contributed by atoms with Crippen molar-refractivity contribution in [1.82, 2.24) is 0 Å². The molecule has 0 aliphatic heterocycles. The molecule has 0 radical (unpaired) electrons. The fraction of sp³-hybridized carbons (Fsp3) is 0.161. The molecule has 0 bridgehead atoms. The van der Waals surface area contributed by atoms with E-state index in [1.807, 2.05) is 42.5 Å². The van der Waals surface area contributed by atoms with Crippen LogP contribution in [0.3, 0.4) is 0 Å². The number of carbonyl (C=O) groups excluding carboxylic acids is 2. The molecule has 0 aliphatic rings. The van der Waals surface area contributed by atoms with Gasteiger partial charge < -0.3 is 25.6 Å². The zero-order valence-electron chi connectivity index (χ0n) is 21.5. The molecule has 2 amide bonds. The van der Waals surface area contributed by atoms with Crippen molar-refractivity contribution in [2.24, 2.45) is 0 Å². The Labute approximate surface area is 227 Å². The summed E-state index contributed by atoms with van der Waals surface area (Å²) in [6, 6.07) is 26.8. The molecular formula is C31H31N3O5. The van der Waals surface area contributed by atoms with Crippen LogP contribution in [-0.4, -0.2) is 30.3 Å². The minimum Gasteiger partial charge on any atom is -0.508 e. The van der Waals surface area contributed by atoms with Crippen LogP contribution in [0.1, 0.15) is 24.5 Å². The lowest BCUT2D eigenvalue weighted by Gasteiger charge is -2.26. The van der Waals surface area contributed by atoms with E-state index in [9.17, 15) is 14.7 Å². The second-order valence-electron chi connectivity index (χ2n) is 8.90. The number of hydrogen-bond acceptors (Lipinski definition) is 6. The highest BCUT2D eigenvalue weighted by atomic mass is 16.6. The number of allylic oxidation sites excluding steroid dienone is 1. The van der Waals surface area contributed by atoms with E-state index in [0.717, 1.165) is 10.8 Å². The molecular weight excluding hydrogens is 494 g/mol. The van der Waals surface area contributed by atoms with Gasteiger partial charge in [0, 0.05) is 12.5 Å². The molecule has 0 unspecified atom stereocenters. The number of nitrogen functional groups attached to an aromatic ring is 1. The Hall–Kier alpha value is -4.82. The molecule has 8 nitrogen and oxygen atoms in total. The van der Waals surface area contributed by atoms with Crippen molar-refractivity contribution < 1.29 is 24.2 Å². The second-order valence-corrected chi connectivity index (χ2v) is 8.90. The monoisotopic (exact) mass is 525 g/mol. The molecule has 0 aliphatic carbocycles. The average Bonchev–Trinajstić information content (AvgIpc) is 2.94. The Morgan fingerprint density at radius 2 is 1.59 bits per heavy atom. The quantitative estimate of drug-likeness (QED) is 0.140. The van der Waals surface area contributed by atoms with Gasteiger partial charge in [-0.05, 0) is 60.2 Å². The third-order valence-corrected chi connectivity index (χ3v) is 6.23. The van der Waals surface area contributed by atoms with Crippen LogP contribution in [0, 0.1) is 0 Å². The molecule has 0 saturated carbocycles. The predicted octanol–water partition coefficient (Wildman–Crippen LogP) is 6.41. The number of nitrogens with two attached hydrogens (primary N) is 1. The predicted molar refractivity (Wildman–Crippen MR) is 154 cm³/mol. The summed E-state index contributed by atoms with van der Waals surface area (Å²) in [5.41, 5.74) is 8.19. The highest BCUT2D eigenvalue weighted by Crippen LogP contribution is 2.29. The van der Waals surface area contributed by atoms with Crippen molar-refractivity contribution in [2.45, 2.75) is 25.0 Å². The maximum atomic E-state index is 13.0. The fourth-order valence-electron chi connectivity index (χ4n) is 4.24. The molecule has 4 aromatic rings. The van der Waals surface area contributed by atoms with Crippen LogP contribution in [0.25, 0.3) is 10.8 Å². The lowest BCUT2D eigenvalue weighted by Crippen LogP contribution is -2.28. The zero-order chi connectivity index (χ0) is 27.6. The van der Waals surface area contributed by atoms with Gasteiger partial charge in [0.2, 0.25) is 5.91 Å². The highest BCUT2D eigenvalue weighted by molar-refractivity contribution is 6.01. The van der Waals surface area contributed by atoms with Crippen molar-refractivity contribution in [3.63, 3.8) is 0 Å². The summed E-state index contributed by atoms with van der Waals surface area (Å²) in [6.07, 6.45) is 2.18. The number of hydrogen-bond donors (Lipinski definition) is 4. The van der Waals surface area contributed by atoms with E-state index in [2.05, 4.69) is 10.6 Å². The van der Waals surface area contributed by atoms with Gasteiger partial charge in [0.25, 0.3) is 0 Å². The normalized spacial score (nSPS) is 12.6. The maximum absolute atomic E-state index is 13.0. The van der Waals surface area contributed by atoms with Crippen LogP contribution in [-0.2, 0) is 14.3 Å². The molecule has 0 spiro atoms. The Morgan fingerprint density at radius 3 is 2.36 bits per heavy atom. The Kier molecular flexibility index (Phi) is 9.16. The number of aromatic hydroxyl groups is 1. The number of anilines is 3. The van der Waals surface area contributed by atoms with Crippen molar-refractivity contribution in [1.29, 1.82) is 0 Å². The first-order valence-corrected chi connectivity index (χ1v) is 12.5. The first-order valence-electron chi connectivity index (χ1n) is 12.5. The van der Waals surface area contributed by atoms with E-state index in [1.165, 1.54) is 18.2 Å². The molecule has 39 heavy (non-hydrogen) atoms. The Bertz CT molecular complexity index is 1450. The van der Waals surface area contributed by atoms with E-state index in [1.54, 1.807) is 49.6 Å². The van der Waals surface area contributed by atoms with Crippen molar-refractivity contribution in [3.8, 4) is 5.75 Å². The van der Waals surface area contributed by atoms with Crippen molar-refractivity contribution >= 4 is 39.8 Å². The van der Waals surface area contributed by atoms with Crippen LogP contribution >= 0.6 is 0 Å². The highest BCUT2D eigenvalue weighted by Gasteiger charge is 2.27. The number of phenols is 1. The van der Waals surface area contributed by atoms with Gasteiger partial charge in [0.05, 0.1) is 23.2 Å². The van der Waals surface area contributed by atoms with Crippen LogP contribution in [0.15, 0.2) is 103 Å². The number of amides is 2. The molecule has 0 heterocycles. The van der Waals surface area contributed by atoms with Gasteiger partial charge in [-0.15, -0.1) is 0 Å². The van der Waals surface area contributed by atoms with Gasteiger partial charge in [-0.2, -0.15) is 0 Å². The average molecular weight is 526 g/mol. The van der Waals surface area contributed by atoms with Gasteiger partial charge in [-0.3, -0.25) is 10.1 Å². The largest absolute Gasteiger partial charge is 0.508 e. The smallest absolute Gasteiger partial charge is 0.412 e. The topological polar surface area (TPSA) is 123 Å². The number of rotatable bonds is 10. The lowest BCUT2D eigenvalue weighted by molar-refractivity contribution is -0.111. The molecule has 0 fully saturated rings. The van der Waals surface area contributed by atoms with E-state index >= 15 is 0 Å². The Balaban J connectivity index is 1.44. The summed E-state index contributed by atoms with van der Waals surface area (Å²) in [5, 5.41) is 17.2. The maximum Gasteiger partial charge on any atom is 0.412 e. The summed E-state index contributed by atoms with van der Waals surface area (Å²) in [6.45, 7) is 0. The second kappa shape index (κ2) is 13.1. The number of ether oxygens (including phenoxy) is 2. The summed E-state index contributed by atoms with van der Waals surface area (Å²) in [7, 11) is 1.54. The zero-order valence-corrected chi connectivity index (χ0v) is 21.5. The van der Waals surface area contributed by atoms with E-state index in [0.29, 0.717) is 35.5 Å². The third-order valence-electron chi connectivity index (χ3n) is 6.23. The van der Waals surface area contributed by atoms with Crippen LogP contribution < -0.4 is 16.4 Å². The first-order chi connectivity index (χ1) is 18.9. The SMILES string of the molecule is CO[C@@H](CC/C=C/C(=O)Nc1ccccc1N)[C@@H](OC(=O)Nc1cccc2ccccc12)c1ccc(O)cc1. The number of methoxy groups -OCH3 is 1. The van der Waals surface area contributed by atoms with Crippen molar-refractivity contribution in [3.05, 3.63) is 109 Å². The minimum absolute atomic E-state index is 0.0969. The standard InChI is InChI=1S/C31H31N3O5/c1-38-28(15-6-7-16-29(36)33-27-13-5-4-12-25(27)32)30(22-17-19-23(35)20-18-22)39-31(37)34-26-14-8-10-21-9-2-3-11-24(21)26/h2-5,7-14,16-20,28,30,35H,6,15,32H2,1H3,(H,33,36)(H,34,37)/b16-7+/t28-,30-/m0/s1. The van der Waals surface area contributed by atoms with Crippen LogP contribution in [0.2, 0.25) is 0 Å². The molecule has 5 N–H and O–H groups in total. The van der Waals surface area contributed by atoms with Gasteiger partial charge in [0.1, 0.15) is 5.75 Å². The molecule has 200 valence electrons. The molecule has 4 rings (SSSR count). The van der Waals surface area contributed by atoms with Crippen molar-refractivity contribution in [2.75, 3.05) is 23.5 Å². The number of carbonyl (C=O) groups is 2. The number of para-hydroxylation sites is 2. The molecule has 0 saturated heterocycles. The number of phenolic OH excluding ortho intramolecular Hbond substituents is 1. The van der Waals surface area contributed by atoms with E-state index < -0.39 is 18.3 Å². The Morgan fingerprint density at radius 1 is 0.897 bits per heavy atom. The number of benzene rings is 4. The van der Waals surface area contributed by atoms with Gasteiger partial charge in [0.15, 0.2) is 6.10 Å². The summed E-state index contributed by atoms with van der Waals surface area (Å²) < 4.78 is 11.6.